The van der Waals surface area contributed by atoms with Crippen LogP contribution in [0.4, 0.5) is 0 Å². The van der Waals surface area contributed by atoms with Gasteiger partial charge in [0.15, 0.2) is 0 Å². The maximum atomic E-state index is 6.11. The van der Waals surface area contributed by atoms with E-state index < -0.39 is 0 Å². The van der Waals surface area contributed by atoms with Crippen molar-refractivity contribution in [2.75, 3.05) is 12.3 Å². The number of rotatable bonds is 7. The van der Waals surface area contributed by atoms with E-state index in [9.17, 15) is 0 Å². The van der Waals surface area contributed by atoms with E-state index in [2.05, 4.69) is 30.4 Å². The molecule has 0 amide bonds. The molecule has 0 aliphatic carbocycles. The number of thioether (sulfide) groups is 1. The molecule has 0 saturated heterocycles. The lowest BCUT2D eigenvalue weighted by atomic mass is 10.1. The first-order valence-corrected chi connectivity index (χ1v) is 8.80. The molecule has 1 unspecified atom stereocenters. The van der Waals surface area contributed by atoms with Crippen LogP contribution in [0.5, 0.6) is 0 Å². The lowest BCUT2D eigenvalue weighted by molar-refractivity contribution is 0.577. The van der Waals surface area contributed by atoms with Crippen molar-refractivity contribution in [3.63, 3.8) is 0 Å². The van der Waals surface area contributed by atoms with Gasteiger partial charge in [0.25, 0.3) is 0 Å². The molecule has 2 aromatic carbocycles. The third kappa shape index (κ3) is 5.55. The summed E-state index contributed by atoms with van der Waals surface area (Å²) in [5, 5.41) is 5.15. The van der Waals surface area contributed by atoms with Crippen LogP contribution >= 0.6 is 35.0 Å². The summed E-state index contributed by atoms with van der Waals surface area (Å²) in [7, 11) is 0. The second-order valence-electron chi connectivity index (χ2n) is 4.83. The van der Waals surface area contributed by atoms with Crippen molar-refractivity contribution < 1.29 is 0 Å². The standard InChI is InChI=1S/C17H19Cl2NS/c1-2-10-20-17(13-4-3-5-15(19)11-13)12-21-16-8-6-14(18)7-9-16/h3-9,11,17,20H,2,10,12H2,1H3. The van der Waals surface area contributed by atoms with E-state index in [0.717, 1.165) is 28.8 Å². The molecule has 0 aliphatic heterocycles. The molecule has 0 aromatic heterocycles. The topological polar surface area (TPSA) is 12.0 Å². The monoisotopic (exact) mass is 339 g/mol. The first kappa shape index (κ1) is 16.7. The maximum absolute atomic E-state index is 6.11. The number of halogens is 2. The zero-order valence-corrected chi connectivity index (χ0v) is 14.3. The van der Waals surface area contributed by atoms with Gasteiger partial charge in [-0.05, 0) is 54.9 Å². The molecule has 1 N–H and O–H groups in total. The van der Waals surface area contributed by atoms with Gasteiger partial charge in [-0.2, -0.15) is 0 Å². The summed E-state index contributed by atoms with van der Waals surface area (Å²) in [5.74, 6) is 0.960. The van der Waals surface area contributed by atoms with Crippen LogP contribution in [0.25, 0.3) is 0 Å². The molecule has 21 heavy (non-hydrogen) atoms. The molecular weight excluding hydrogens is 321 g/mol. The quantitative estimate of drug-likeness (QED) is 0.637. The van der Waals surface area contributed by atoms with Crippen molar-refractivity contribution in [3.8, 4) is 0 Å². The van der Waals surface area contributed by atoms with Crippen molar-refractivity contribution >= 4 is 35.0 Å². The third-order valence-electron chi connectivity index (χ3n) is 3.12. The Morgan fingerprint density at radius 1 is 1.05 bits per heavy atom. The van der Waals surface area contributed by atoms with Crippen LogP contribution in [0.1, 0.15) is 24.9 Å². The Bertz CT molecular complexity index is 557. The van der Waals surface area contributed by atoms with Crippen LogP contribution in [0.3, 0.4) is 0 Å². The molecule has 4 heteroatoms. The minimum atomic E-state index is 0.296. The second-order valence-corrected chi connectivity index (χ2v) is 6.79. The minimum absolute atomic E-state index is 0.296. The maximum Gasteiger partial charge on any atom is 0.0415 e. The molecule has 1 atom stereocenters. The summed E-state index contributed by atoms with van der Waals surface area (Å²) >= 11 is 13.9. The molecule has 0 spiro atoms. The van der Waals surface area contributed by atoms with Crippen molar-refractivity contribution in [3.05, 3.63) is 64.1 Å². The van der Waals surface area contributed by atoms with Crippen LogP contribution in [0.2, 0.25) is 10.0 Å². The summed E-state index contributed by atoms with van der Waals surface area (Å²) in [6, 6.07) is 16.3. The van der Waals surface area contributed by atoms with Crippen LogP contribution in [-0.4, -0.2) is 12.3 Å². The van der Waals surface area contributed by atoms with Gasteiger partial charge in [-0.25, -0.2) is 0 Å². The number of hydrogen-bond donors (Lipinski definition) is 1. The van der Waals surface area contributed by atoms with Crippen molar-refractivity contribution in [2.45, 2.75) is 24.3 Å². The van der Waals surface area contributed by atoms with Crippen molar-refractivity contribution in [1.29, 1.82) is 0 Å². The SMILES string of the molecule is CCCNC(CSc1ccc(Cl)cc1)c1cccc(Cl)c1. The van der Waals surface area contributed by atoms with Gasteiger partial charge in [-0.1, -0.05) is 42.3 Å². The average Bonchev–Trinajstić information content (AvgIpc) is 2.49. The fraction of sp³-hybridized carbons (Fsp3) is 0.294. The molecule has 0 fully saturated rings. The fourth-order valence-electron chi connectivity index (χ4n) is 2.03. The van der Waals surface area contributed by atoms with Gasteiger partial charge in [-0.15, -0.1) is 11.8 Å². The fourth-order valence-corrected chi connectivity index (χ4v) is 3.35. The first-order chi connectivity index (χ1) is 10.2. The normalized spacial score (nSPS) is 12.3. The van der Waals surface area contributed by atoms with E-state index in [4.69, 9.17) is 23.2 Å². The smallest absolute Gasteiger partial charge is 0.0415 e. The average molecular weight is 340 g/mol. The number of nitrogens with one attached hydrogen (secondary N) is 1. The van der Waals surface area contributed by atoms with E-state index in [-0.39, 0.29) is 0 Å². The van der Waals surface area contributed by atoms with Crippen LogP contribution in [-0.2, 0) is 0 Å². The van der Waals surface area contributed by atoms with Crippen LogP contribution in [0, 0.1) is 0 Å². The predicted octanol–water partition coefficient (Wildman–Crippen LogP) is 5.83. The lowest BCUT2D eigenvalue weighted by Gasteiger charge is -2.19. The zero-order chi connectivity index (χ0) is 15.1. The van der Waals surface area contributed by atoms with E-state index in [1.165, 1.54) is 10.5 Å². The number of hydrogen-bond acceptors (Lipinski definition) is 2. The highest BCUT2D eigenvalue weighted by atomic mass is 35.5. The molecule has 0 heterocycles. The summed E-state index contributed by atoms with van der Waals surface area (Å²) in [6.45, 7) is 3.17. The Labute approximate surface area is 141 Å². The molecule has 0 bridgehead atoms. The Morgan fingerprint density at radius 3 is 2.48 bits per heavy atom. The van der Waals surface area contributed by atoms with Crippen LogP contribution in [0.15, 0.2) is 53.4 Å². The summed E-state index contributed by atoms with van der Waals surface area (Å²) in [4.78, 5) is 1.23. The Morgan fingerprint density at radius 2 is 1.81 bits per heavy atom. The Hall–Kier alpha value is -0.670. The number of benzene rings is 2. The third-order valence-corrected chi connectivity index (χ3v) is 4.71. The van der Waals surface area contributed by atoms with E-state index >= 15 is 0 Å². The first-order valence-electron chi connectivity index (χ1n) is 7.06. The molecule has 1 nitrogen and oxygen atoms in total. The molecule has 2 rings (SSSR count). The predicted molar refractivity (Wildman–Crippen MR) is 94.7 cm³/mol. The molecule has 2 aromatic rings. The highest BCUT2D eigenvalue weighted by Gasteiger charge is 2.11. The van der Waals surface area contributed by atoms with Gasteiger partial charge >= 0.3 is 0 Å². The van der Waals surface area contributed by atoms with Gasteiger partial charge in [0.1, 0.15) is 0 Å². The summed E-state index contributed by atoms with van der Waals surface area (Å²) in [5.41, 5.74) is 1.23. The molecule has 0 radical (unpaired) electrons. The van der Waals surface area contributed by atoms with E-state index in [1.807, 2.05) is 42.1 Å². The van der Waals surface area contributed by atoms with Crippen LogP contribution < -0.4 is 5.32 Å². The zero-order valence-electron chi connectivity index (χ0n) is 12.0. The molecular formula is C17H19Cl2NS. The summed E-state index contributed by atoms with van der Waals surface area (Å²) < 4.78 is 0. The Kier molecular flexibility index (Phi) is 6.91. The van der Waals surface area contributed by atoms with E-state index in [0.29, 0.717) is 6.04 Å². The van der Waals surface area contributed by atoms with Gasteiger partial charge in [0, 0.05) is 26.7 Å². The second kappa shape index (κ2) is 8.70. The molecule has 0 saturated carbocycles. The highest BCUT2D eigenvalue weighted by molar-refractivity contribution is 7.99. The van der Waals surface area contributed by atoms with Gasteiger partial charge in [-0.3, -0.25) is 0 Å². The lowest BCUT2D eigenvalue weighted by Crippen LogP contribution is -2.24. The van der Waals surface area contributed by atoms with Gasteiger partial charge in [0.05, 0.1) is 0 Å². The minimum Gasteiger partial charge on any atom is -0.309 e. The van der Waals surface area contributed by atoms with Gasteiger partial charge < -0.3 is 5.32 Å². The van der Waals surface area contributed by atoms with Gasteiger partial charge in [0.2, 0.25) is 0 Å². The van der Waals surface area contributed by atoms with Crippen molar-refractivity contribution in [1.82, 2.24) is 5.32 Å². The largest absolute Gasteiger partial charge is 0.309 e. The Balaban J connectivity index is 2.04. The van der Waals surface area contributed by atoms with Crippen molar-refractivity contribution in [2.24, 2.45) is 0 Å². The van der Waals surface area contributed by atoms with E-state index in [1.54, 1.807) is 0 Å². The summed E-state index contributed by atoms with van der Waals surface area (Å²) in [6.07, 6.45) is 1.11. The highest BCUT2D eigenvalue weighted by Crippen LogP contribution is 2.27. The molecule has 112 valence electrons. The molecule has 0 aliphatic rings.